The zero-order valence-corrected chi connectivity index (χ0v) is 10.7. The zero-order chi connectivity index (χ0) is 11.5. The van der Waals surface area contributed by atoms with Gasteiger partial charge in [-0.15, -0.1) is 0 Å². The molecule has 0 heterocycles. The first-order valence-electron chi connectivity index (χ1n) is 5.44. The van der Waals surface area contributed by atoms with Crippen molar-refractivity contribution in [2.75, 3.05) is 6.61 Å². The van der Waals surface area contributed by atoms with Crippen molar-refractivity contribution in [3.8, 4) is 5.75 Å². The standard InChI is InChI=1S/C13H15BrO2/c1-9(14)8-16-11-5-6-12-10(7-11)3-2-4-13(12)15/h5-7,13,15H,1-4,8H2. The van der Waals surface area contributed by atoms with Crippen LogP contribution in [0.1, 0.15) is 30.1 Å². The molecule has 1 unspecified atom stereocenters. The molecule has 0 saturated heterocycles. The molecule has 0 saturated carbocycles. The predicted molar refractivity (Wildman–Crippen MR) is 67.9 cm³/mol. The Kier molecular flexibility index (Phi) is 3.66. The summed E-state index contributed by atoms with van der Waals surface area (Å²) in [5.41, 5.74) is 2.26. The SMILES string of the molecule is C=C(Br)COc1ccc2c(c1)CCCC2O. The fraction of sp³-hybridized carbons (Fsp3) is 0.385. The largest absolute Gasteiger partial charge is 0.488 e. The molecular weight excluding hydrogens is 268 g/mol. The number of rotatable bonds is 3. The number of halogens is 1. The molecule has 0 bridgehead atoms. The minimum atomic E-state index is -0.302. The fourth-order valence-corrected chi connectivity index (χ4v) is 2.13. The molecule has 0 aliphatic heterocycles. The van der Waals surface area contributed by atoms with Crippen molar-refractivity contribution in [1.82, 2.24) is 0 Å². The predicted octanol–water partition coefficient (Wildman–Crippen LogP) is 3.34. The fourth-order valence-electron chi connectivity index (χ4n) is 2.02. The molecule has 0 spiro atoms. The van der Waals surface area contributed by atoms with Crippen LogP contribution in [0.3, 0.4) is 0 Å². The Morgan fingerprint density at radius 2 is 2.38 bits per heavy atom. The highest BCUT2D eigenvalue weighted by Gasteiger charge is 2.17. The number of benzene rings is 1. The van der Waals surface area contributed by atoms with Crippen molar-refractivity contribution in [2.45, 2.75) is 25.4 Å². The summed E-state index contributed by atoms with van der Waals surface area (Å²) >= 11 is 3.26. The summed E-state index contributed by atoms with van der Waals surface area (Å²) < 4.78 is 6.37. The maximum Gasteiger partial charge on any atom is 0.120 e. The number of aliphatic hydroxyl groups excluding tert-OH is 1. The molecule has 0 fully saturated rings. The molecule has 1 aromatic rings. The maximum atomic E-state index is 9.81. The highest BCUT2D eigenvalue weighted by atomic mass is 79.9. The summed E-state index contributed by atoms with van der Waals surface area (Å²) in [6, 6.07) is 5.89. The van der Waals surface area contributed by atoms with E-state index in [2.05, 4.69) is 22.5 Å². The normalized spacial score (nSPS) is 19.0. The lowest BCUT2D eigenvalue weighted by atomic mass is 9.89. The summed E-state index contributed by atoms with van der Waals surface area (Å²) in [6.07, 6.45) is 2.64. The maximum absolute atomic E-state index is 9.81. The van der Waals surface area contributed by atoms with E-state index < -0.39 is 0 Å². The summed E-state index contributed by atoms with van der Waals surface area (Å²) in [6.45, 7) is 4.19. The van der Waals surface area contributed by atoms with Gasteiger partial charge in [0.1, 0.15) is 12.4 Å². The van der Waals surface area contributed by atoms with Crippen LogP contribution in [0.5, 0.6) is 5.75 Å². The summed E-state index contributed by atoms with van der Waals surface area (Å²) in [5.74, 6) is 0.841. The van der Waals surface area contributed by atoms with Gasteiger partial charge in [0.25, 0.3) is 0 Å². The number of fused-ring (bicyclic) bond motifs is 1. The lowest BCUT2D eigenvalue weighted by Crippen LogP contribution is -2.09. The first kappa shape index (κ1) is 11.7. The molecule has 1 N–H and O–H groups in total. The Labute approximate surface area is 104 Å². The van der Waals surface area contributed by atoms with Crippen LogP contribution in [0, 0.1) is 0 Å². The van der Waals surface area contributed by atoms with Crippen molar-refractivity contribution in [2.24, 2.45) is 0 Å². The van der Waals surface area contributed by atoms with Gasteiger partial charge >= 0.3 is 0 Å². The van der Waals surface area contributed by atoms with E-state index in [1.165, 1.54) is 5.56 Å². The Balaban J connectivity index is 2.15. The van der Waals surface area contributed by atoms with Crippen molar-refractivity contribution >= 4 is 15.9 Å². The smallest absolute Gasteiger partial charge is 0.120 e. The first-order chi connectivity index (χ1) is 7.66. The Morgan fingerprint density at radius 3 is 3.12 bits per heavy atom. The third-order valence-electron chi connectivity index (χ3n) is 2.79. The van der Waals surface area contributed by atoms with Gasteiger partial charge < -0.3 is 9.84 Å². The summed E-state index contributed by atoms with van der Waals surface area (Å²) in [5, 5.41) is 9.81. The molecule has 1 aromatic carbocycles. The number of aryl methyl sites for hydroxylation is 1. The van der Waals surface area contributed by atoms with Gasteiger partial charge in [-0.05, 0) is 42.5 Å². The minimum absolute atomic E-state index is 0.302. The van der Waals surface area contributed by atoms with Crippen molar-refractivity contribution in [3.05, 3.63) is 40.4 Å². The molecule has 86 valence electrons. The summed E-state index contributed by atoms with van der Waals surface area (Å²) in [4.78, 5) is 0. The number of hydrogen-bond donors (Lipinski definition) is 1. The van der Waals surface area contributed by atoms with Crippen molar-refractivity contribution in [3.63, 3.8) is 0 Å². The molecule has 0 radical (unpaired) electrons. The van der Waals surface area contributed by atoms with Crippen LogP contribution in [0.25, 0.3) is 0 Å². The van der Waals surface area contributed by atoms with Crippen molar-refractivity contribution in [1.29, 1.82) is 0 Å². The zero-order valence-electron chi connectivity index (χ0n) is 9.08. The van der Waals surface area contributed by atoms with Crippen LogP contribution in [0.2, 0.25) is 0 Å². The highest BCUT2D eigenvalue weighted by molar-refractivity contribution is 9.11. The van der Waals surface area contributed by atoms with E-state index in [-0.39, 0.29) is 6.10 Å². The Bertz CT molecular complexity index is 401. The van der Waals surface area contributed by atoms with Crippen LogP contribution < -0.4 is 4.74 Å². The van der Waals surface area contributed by atoms with Gasteiger partial charge in [0, 0.05) is 4.48 Å². The van der Waals surface area contributed by atoms with Gasteiger partial charge in [0.15, 0.2) is 0 Å². The number of aliphatic hydroxyl groups is 1. The second-order valence-electron chi connectivity index (χ2n) is 4.07. The van der Waals surface area contributed by atoms with E-state index in [9.17, 15) is 5.11 Å². The molecule has 1 atom stereocenters. The van der Waals surface area contributed by atoms with E-state index >= 15 is 0 Å². The second kappa shape index (κ2) is 5.02. The average molecular weight is 283 g/mol. The van der Waals surface area contributed by atoms with Gasteiger partial charge in [0.2, 0.25) is 0 Å². The lowest BCUT2D eigenvalue weighted by molar-refractivity contribution is 0.156. The van der Waals surface area contributed by atoms with Crippen LogP contribution in [-0.2, 0) is 6.42 Å². The van der Waals surface area contributed by atoms with Crippen molar-refractivity contribution < 1.29 is 9.84 Å². The van der Waals surface area contributed by atoms with Crippen LogP contribution >= 0.6 is 15.9 Å². The quantitative estimate of drug-likeness (QED) is 0.921. The van der Waals surface area contributed by atoms with Gasteiger partial charge in [-0.2, -0.15) is 0 Å². The van der Waals surface area contributed by atoms with Gasteiger partial charge in [0.05, 0.1) is 6.10 Å². The molecule has 2 rings (SSSR count). The lowest BCUT2D eigenvalue weighted by Gasteiger charge is -2.21. The molecule has 0 aromatic heterocycles. The summed E-state index contributed by atoms with van der Waals surface area (Å²) in [7, 11) is 0. The molecule has 2 nitrogen and oxygen atoms in total. The van der Waals surface area contributed by atoms with Gasteiger partial charge in [-0.1, -0.05) is 28.6 Å². The average Bonchev–Trinajstić information content (AvgIpc) is 2.26. The minimum Gasteiger partial charge on any atom is -0.488 e. The van der Waals surface area contributed by atoms with Crippen LogP contribution in [0.15, 0.2) is 29.3 Å². The Morgan fingerprint density at radius 1 is 1.56 bits per heavy atom. The molecule has 16 heavy (non-hydrogen) atoms. The number of hydrogen-bond acceptors (Lipinski definition) is 2. The molecular formula is C13H15BrO2. The molecule has 1 aliphatic carbocycles. The first-order valence-corrected chi connectivity index (χ1v) is 6.23. The molecule has 3 heteroatoms. The number of ether oxygens (including phenoxy) is 1. The monoisotopic (exact) mass is 282 g/mol. The topological polar surface area (TPSA) is 29.5 Å². The van der Waals surface area contributed by atoms with E-state index in [1.807, 2.05) is 18.2 Å². The van der Waals surface area contributed by atoms with Gasteiger partial charge in [-0.25, -0.2) is 0 Å². The molecule has 1 aliphatic rings. The molecule has 0 amide bonds. The van der Waals surface area contributed by atoms with Crippen LogP contribution in [0.4, 0.5) is 0 Å². The highest BCUT2D eigenvalue weighted by Crippen LogP contribution is 2.32. The third-order valence-corrected chi connectivity index (χ3v) is 3.02. The van der Waals surface area contributed by atoms with Crippen LogP contribution in [-0.4, -0.2) is 11.7 Å². The van der Waals surface area contributed by atoms with E-state index in [0.717, 1.165) is 35.1 Å². The van der Waals surface area contributed by atoms with E-state index in [1.54, 1.807) is 0 Å². The Hall–Kier alpha value is -0.800. The third kappa shape index (κ3) is 2.66. The van der Waals surface area contributed by atoms with Gasteiger partial charge in [-0.3, -0.25) is 0 Å². The van der Waals surface area contributed by atoms with E-state index in [4.69, 9.17) is 4.74 Å². The van der Waals surface area contributed by atoms with E-state index in [0.29, 0.717) is 6.61 Å². The second-order valence-corrected chi connectivity index (χ2v) is 5.20.